The Bertz CT molecular complexity index is 870. The van der Waals surface area contributed by atoms with E-state index in [0.29, 0.717) is 17.1 Å². The van der Waals surface area contributed by atoms with Crippen LogP contribution in [0.4, 0.5) is 5.69 Å². The highest BCUT2D eigenvalue weighted by atomic mass is 16.6. The molecule has 0 spiro atoms. The summed E-state index contributed by atoms with van der Waals surface area (Å²) in [7, 11) is 1.58. The molecule has 24 heavy (non-hydrogen) atoms. The molecule has 1 aliphatic rings. The highest BCUT2D eigenvalue weighted by Crippen LogP contribution is 2.19. The summed E-state index contributed by atoms with van der Waals surface area (Å²) in [5, 5.41) is 13.5. The molecule has 3 rings (SSSR count). The highest BCUT2D eigenvalue weighted by Gasteiger charge is 2.22. The molecule has 1 N–H and O–H groups in total. The van der Waals surface area contributed by atoms with E-state index in [1.807, 2.05) is 0 Å². The molecule has 0 radical (unpaired) electrons. The van der Waals surface area contributed by atoms with Crippen LogP contribution in [-0.2, 0) is 4.79 Å². The van der Waals surface area contributed by atoms with Crippen LogP contribution in [0.3, 0.4) is 0 Å². The number of nitrogens with one attached hydrogen (secondary N) is 1. The van der Waals surface area contributed by atoms with Crippen LogP contribution in [0, 0.1) is 10.1 Å². The Labute approximate surface area is 137 Å². The van der Waals surface area contributed by atoms with Gasteiger partial charge in [0.15, 0.2) is 0 Å². The predicted octanol–water partition coefficient (Wildman–Crippen LogP) is 2.52. The molecular weight excluding hydrogens is 310 g/mol. The molecule has 2 aromatic rings. The number of amides is 1. The maximum atomic E-state index is 12.1. The molecule has 1 amide bonds. The summed E-state index contributed by atoms with van der Waals surface area (Å²) in [6, 6.07) is 13.1. The van der Waals surface area contributed by atoms with Gasteiger partial charge in [-0.2, -0.15) is 0 Å². The largest absolute Gasteiger partial charge is 0.497 e. The number of amidine groups is 1. The van der Waals surface area contributed by atoms with Crippen molar-refractivity contribution < 1.29 is 14.5 Å². The van der Waals surface area contributed by atoms with Gasteiger partial charge in [0.1, 0.15) is 17.3 Å². The van der Waals surface area contributed by atoms with Gasteiger partial charge in [0.2, 0.25) is 0 Å². The number of aliphatic imine (C=N–C) groups is 1. The molecule has 7 heteroatoms. The number of carbonyl (C=O) groups is 1. The number of nitro groups is 1. The molecule has 2 aromatic carbocycles. The monoisotopic (exact) mass is 323 g/mol. The number of non-ortho nitro benzene ring substituents is 1. The van der Waals surface area contributed by atoms with Crippen LogP contribution in [0.5, 0.6) is 5.75 Å². The van der Waals surface area contributed by atoms with Crippen molar-refractivity contribution in [1.82, 2.24) is 5.32 Å². The molecular formula is C17H13N3O4. The average Bonchev–Trinajstić information content (AvgIpc) is 2.96. The number of nitrogens with zero attached hydrogens (tertiary/aromatic N) is 2. The van der Waals surface area contributed by atoms with Gasteiger partial charge >= 0.3 is 0 Å². The zero-order valence-electron chi connectivity index (χ0n) is 12.7. The molecule has 0 fully saturated rings. The number of methoxy groups -OCH3 is 1. The summed E-state index contributed by atoms with van der Waals surface area (Å²) in [5.41, 5.74) is 1.46. The fourth-order valence-electron chi connectivity index (χ4n) is 2.23. The summed E-state index contributed by atoms with van der Waals surface area (Å²) >= 11 is 0. The maximum Gasteiger partial charge on any atom is 0.275 e. The average molecular weight is 323 g/mol. The Kier molecular flexibility index (Phi) is 4.07. The van der Waals surface area contributed by atoms with Gasteiger partial charge < -0.3 is 10.1 Å². The second-order valence-corrected chi connectivity index (χ2v) is 5.02. The second kappa shape index (κ2) is 6.33. The Morgan fingerprint density at radius 2 is 1.96 bits per heavy atom. The highest BCUT2D eigenvalue weighted by molar-refractivity contribution is 6.19. The Balaban J connectivity index is 1.91. The van der Waals surface area contributed by atoms with Gasteiger partial charge in [-0.05, 0) is 23.8 Å². The molecule has 0 unspecified atom stereocenters. The van der Waals surface area contributed by atoms with Crippen molar-refractivity contribution >= 4 is 23.5 Å². The van der Waals surface area contributed by atoms with Gasteiger partial charge in [-0.1, -0.05) is 24.3 Å². The minimum absolute atomic E-state index is 0.0583. The minimum atomic E-state index is -0.491. The first-order valence-corrected chi connectivity index (χ1v) is 7.07. The molecule has 1 heterocycles. The van der Waals surface area contributed by atoms with Crippen molar-refractivity contribution in [1.29, 1.82) is 0 Å². The minimum Gasteiger partial charge on any atom is -0.497 e. The normalized spacial score (nSPS) is 15.1. The van der Waals surface area contributed by atoms with Crippen molar-refractivity contribution in [2.75, 3.05) is 7.11 Å². The van der Waals surface area contributed by atoms with Crippen molar-refractivity contribution in [3.05, 3.63) is 75.5 Å². The smallest absolute Gasteiger partial charge is 0.275 e. The lowest BCUT2D eigenvalue weighted by Crippen LogP contribution is -2.24. The third-order valence-corrected chi connectivity index (χ3v) is 3.45. The van der Waals surface area contributed by atoms with E-state index in [1.165, 1.54) is 12.1 Å². The molecule has 7 nitrogen and oxygen atoms in total. The third kappa shape index (κ3) is 3.14. The number of benzene rings is 2. The number of hydrogen-bond donors (Lipinski definition) is 1. The van der Waals surface area contributed by atoms with Gasteiger partial charge in [-0.3, -0.25) is 14.9 Å². The van der Waals surface area contributed by atoms with Gasteiger partial charge in [0.25, 0.3) is 11.6 Å². The van der Waals surface area contributed by atoms with Crippen molar-refractivity contribution in [3.8, 4) is 5.75 Å². The van der Waals surface area contributed by atoms with Crippen molar-refractivity contribution in [2.45, 2.75) is 0 Å². The zero-order valence-corrected chi connectivity index (χ0v) is 12.7. The topological polar surface area (TPSA) is 93.8 Å². The lowest BCUT2D eigenvalue weighted by atomic mass is 10.2. The Morgan fingerprint density at radius 1 is 1.21 bits per heavy atom. The molecule has 120 valence electrons. The fourth-order valence-corrected chi connectivity index (χ4v) is 2.23. The quantitative estimate of drug-likeness (QED) is 0.531. The van der Waals surface area contributed by atoms with Crippen LogP contribution in [0.2, 0.25) is 0 Å². The zero-order chi connectivity index (χ0) is 17.1. The number of nitro benzene ring substituents is 1. The Morgan fingerprint density at radius 3 is 2.62 bits per heavy atom. The molecule has 1 aliphatic heterocycles. The SMILES string of the molecule is COc1ccc(C=C2N=C(c3cccc([N+](=O)[O-])c3)NC2=O)cc1. The number of hydrogen-bond acceptors (Lipinski definition) is 5. The molecule has 0 saturated heterocycles. The standard InChI is InChI=1S/C17H13N3O4/c1-24-14-7-5-11(6-8-14)9-15-17(21)19-16(18-15)12-3-2-4-13(10-12)20(22)23/h2-10H,1H3,(H,18,19,21). The molecule has 0 atom stereocenters. The van der Waals surface area contributed by atoms with E-state index in [9.17, 15) is 14.9 Å². The molecule has 0 aliphatic carbocycles. The van der Waals surface area contributed by atoms with E-state index in [-0.39, 0.29) is 17.3 Å². The lowest BCUT2D eigenvalue weighted by Gasteiger charge is -1.99. The number of rotatable bonds is 4. The van der Waals surface area contributed by atoms with E-state index in [0.717, 1.165) is 5.56 Å². The van der Waals surface area contributed by atoms with E-state index in [4.69, 9.17) is 4.74 Å². The first kappa shape index (κ1) is 15.4. The molecule has 0 saturated carbocycles. The van der Waals surface area contributed by atoms with Crippen molar-refractivity contribution in [2.24, 2.45) is 4.99 Å². The summed E-state index contributed by atoms with van der Waals surface area (Å²) < 4.78 is 5.08. The number of ether oxygens (including phenoxy) is 1. The van der Waals surface area contributed by atoms with Crippen LogP contribution in [0.1, 0.15) is 11.1 Å². The fraction of sp³-hybridized carbons (Fsp3) is 0.0588. The summed E-state index contributed by atoms with van der Waals surface area (Å²) in [6.45, 7) is 0. The summed E-state index contributed by atoms with van der Waals surface area (Å²) in [5.74, 6) is 0.657. The third-order valence-electron chi connectivity index (χ3n) is 3.45. The predicted molar refractivity (Wildman–Crippen MR) is 88.7 cm³/mol. The van der Waals surface area contributed by atoms with Crippen LogP contribution >= 0.6 is 0 Å². The summed E-state index contributed by atoms with van der Waals surface area (Å²) in [6.07, 6.45) is 1.64. The van der Waals surface area contributed by atoms with E-state index in [2.05, 4.69) is 10.3 Å². The van der Waals surface area contributed by atoms with Crippen LogP contribution in [0.25, 0.3) is 6.08 Å². The van der Waals surface area contributed by atoms with E-state index < -0.39 is 4.92 Å². The number of carbonyl (C=O) groups excluding carboxylic acids is 1. The van der Waals surface area contributed by atoms with Crippen LogP contribution in [-0.4, -0.2) is 23.8 Å². The van der Waals surface area contributed by atoms with E-state index >= 15 is 0 Å². The molecule has 0 bridgehead atoms. The first-order chi connectivity index (χ1) is 11.6. The van der Waals surface area contributed by atoms with Crippen LogP contribution < -0.4 is 10.1 Å². The van der Waals surface area contributed by atoms with Gasteiger partial charge in [-0.15, -0.1) is 0 Å². The Hall–Kier alpha value is -3.48. The maximum absolute atomic E-state index is 12.1. The first-order valence-electron chi connectivity index (χ1n) is 7.07. The van der Waals surface area contributed by atoms with E-state index in [1.54, 1.807) is 49.6 Å². The summed E-state index contributed by atoms with van der Waals surface area (Å²) in [4.78, 5) is 26.6. The lowest BCUT2D eigenvalue weighted by molar-refractivity contribution is -0.384. The van der Waals surface area contributed by atoms with Gasteiger partial charge in [-0.25, -0.2) is 4.99 Å². The van der Waals surface area contributed by atoms with Gasteiger partial charge in [0.05, 0.1) is 12.0 Å². The second-order valence-electron chi connectivity index (χ2n) is 5.02. The van der Waals surface area contributed by atoms with Gasteiger partial charge in [0, 0.05) is 17.7 Å². The van der Waals surface area contributed by atoms with Crippen LogP contribution in [0.15, 0.2) is 59.2 Å². The molecule has 0 aromatic heterocycles. The van der Waals surface area contributed by atoms with Crippen molar-refractivity contribution in [3.63, 3.8) is 0 Å².